The average Bonchev–Trinajstić information content (AvgIpc) is 3.28. The fourth-order valence-electron chi connectivity index (χ4n) is 3.45. The summed E-state index contributed by atoms with van der Waals surface area (Å²) in [5.41, 5.74) is 0.407. The second-order valence-corrected chi connectivity index (χ2v) is 8.77. The predicted octanol–water partition coefficient (Wildman–Crippen LogP) is 2.70. The van der Waals surface area contributed by atoms with E-state index in [1.54, 1.807) is 6.26 Å². The van der Waals surface area contributed by atoms with Gasteiger partial charge in [-0.1, -0.05) is 12.5 Å². The Morgan fingerprint density at radius 1 is 1.17 bits per heavy atom. The highest BCUT2D eigenvalue weighted by molar-refractivity contribution is 7.89. The van der Waals surface area contributed by atoms with Crippen molar-refractivity contribution in [2.45, 2.75) is 30.2 Å². The lowest BCUT2D eigenvalue weighted by molar-refractivity contribution is 0.0914. The standard InChI is InChI=1S/C21H27N3O4S/c1-2-12-23-29(26,27)18-10-8-17(9-11-18)21(25)22-16-19(20-7-6-15-28-20)24-13-4-3-5-14-24/h2,6-11,15,19,23H,1,3-5,12-14,16H2,(H,22,25). The minimum Gasteiger partial charge on any atom is -0.468 e. The molecule has 0 radical (unpaired) electrons. The molecule has 0 spiro atoms. The molecule has 0 aliphatic carbocycles. The van der Waals surface area contributed by atoms with Crippen LogP contribution < -0.4 is 10.0 Å². The van der Waals surface area contributed by atoms with Crippen molar-refractivity contribution < 1.29 is 17.6 Å². The van der Waals surface area contributed by atoms with E-state index in [4.69, 9.17) is 4.42 Å². The normalized spacial score (nSPS) is 16.3. The molecule has 1 aromatic heterocycles. The predicted molar refractivity (Wildman–Crippen MR) is 111 cm³/mol. The van der Waals surface area contributed by atoms with Crippen LogP contribution >= 0.6 is 0 Å². The SMILES string of the molecule is C=CCNS(=O)(=O)c1ccc(C(=O)NCC(c2ccco2)N2CCCCC2)cc1. The fourth-order valence-corrected chi connectivity index (χ4v) is 4.45. The van der Waals surface area contributed by atoms with Gasteiger partial charge in [0, 0.05) is 18.7 Å². The third-order valence-electron chi connectivity index (χ3n) is 5.00. The molecule has 156 valence electrons. The molecule has 1 aromatic carbocycles. The van der Waals surface area contributed by atoms with E-state index in [1.165, 1.54) is 36.8 Å². The Hall–Kier alpha value is -2.42. The zero-order valence-electron chi connectivity index (χ0n) is 16.3. The van der Waals surface area contributed by atoms with Gasteiger partial charge in [0.05, 0.1) is 17.2 Å². The number of likely N-dealkylation sites (tertiary alicyclic amines) is 1. The first kappa shape index (κ1) is 21.3. The van der Waals surface area contributed by atoms with Crippen LogP contribution in [0.3, 0.4) is 0 Å². The van der Waals surface area contributed by atoms with E-state index >= 15 is 0 Å². The van der Waals surface area contributed by atoms with Crippen molar-refractivity contribution in [3.8, 4) is 0 Å². The summed E-state index contributed by atoms with van der Waals surface area (Å²) in [5, 5.41) is 2.96. The van der Waals surface area contributed by atoms with Gasteiger partial charge in [0.15, 0.2) is 0 Å². The second-order valence-electron chi connectivity index (χ2n) is 7.00. The number of amides is 1. The third kappa shape index (κ3) is 5.56. The van der Waals surface area contributed by atoms with Crippen LogP contribution in [0.25, 0.3) is 0 Å². The quantitative estimate of drug-likeness (QED) is 0.612. The van der Waals surface area contributed by atoms with Crippen molar-refractivity contribution >= 4 is 15.9 Å². The first-order chi connectivity index (χ1) is 14.0. The maximum Gasteiger partial charge on any atom is 0.251 e. The van der Waals surface area contributed by atoms with Gasteiger partial charge in [-0.05, 0) is 62.3 Å². The number of hydrogen-bond acceptors (Lipinski definition) is 5. The molecule has 2 heterocycles. The van der Waals surface area contributed by atoms with Crippen molar-refractivity contribution in [3.63, 3.8) is 0 Å². The van der Waals surface area contributed by atoms with Crippen LogP contribution in [0.5, 0.6) is 0 Å². The summed E-state index contributed by atoms with van der Waals surface area (Å²) in [7, 11) is -3.61. The summed E-state index contributed by atoms with van der Waals surface area (Å²) in [6, 6.07) is 9.65. The number of nitrogens with one attached hydrogen (secondary N) is 2. The van der Waals surface area contributed by atoms with Gasteiger partial charge in [-0.3, -0.25) is 9.69 Å². The Bertz CT molecular complexity index is 902. The smallest absolute Gasteiger partial charge is 0.251 e. The summed E-state index contributed by atoms with van der Waals surface area (Å²) >= 11 is 0. The number of carbonyl (C=O) groups is 1. The van der Waals surface area contributed by atoms with Crippen molar-refractivity contribution in [2.24, 2.45) is 0 Å². The zero-order chi connectivity index (χ0) is 20.7. The first-order valence-electron chi connectivity index (χ1n) is 9.77. The molecule has 1 amide bonds. The third-order valence-corrected chi connectivity index (χ3v) is 6.44. The van der Waals surface area contributed by atoms with Gasteiger partial charge >= 0.3 is 0 Å². The minimum atomic E-state index is -3.61. The number of sulfonamides is 1. The zero-order valence-corrected chi connectivity index (χ0v) is 17.2. The Labute approximate surface area is 171 Å². The number of nitrogens with zero attached hydrogens (tertiary/aromatic N) is 1. The van der Waals surface area contributed by atoms with Crippen LogP contribution in [0.2, 0.25) is 0 Å². The summed E-state index contributed by atoms with van der Waals surface area (Å²) in [4.78, 5) is 15.0. The number of hydrogen-bond donors (Lipinski definition) is 2. The Morgan fingerprint density at radius 3 is 2.52 bits per heavy atom. The highest BCUT2D eigenvalue weighted by Gasteiger charge is 2.25. The molecule has 1 atom stereocenters. The topological polar surface area (TPSA) is 91.6 Å². The molecule has 7 nitrogen and oxygen atoms in total. The molecule has 8 heteroatoms. The second kappa shape index (κ2) is 9.87. The van der Waals surface area contributed by atoms with Gasteiger partial charge in [0.2, 0.25) is 10.0 Å². The Morgan fingerprint density at radius 2 is 1.90 bits per heavy atom. The Kier molecular flexibility index (Phi) is 7.24. The summed E-state index contributed by atoms with van der Waals surface area (Å²) in [5.74, 6) is 0.587. The molecular formula is C21H27N3O4S. The fraction of sp³-hybridized carbons (Fsp3) is 0.381. The molecule has 0 bridgehead atoms. The van der Waals surface area contributed by atoms with E-state index in [-0.39, 0.29) is 23.4 Å². The highest BCUT2D eigenvalue weighted by atomic mass is 32.2. The highest BCUT2D eigenvalue weighted by Crippen LogP contribution is 2.24. The van der Waals surface area contributed by atoms with Gasteiger partial charge in [0.25, 0.3) is 5.91 Å². The van der Waals surface area contributed by atoms with E-state index in [1.807, 2.05) is 12.1 Å². The monoisotopic (exact) mass is 417 g/mol. The lowest BCUT2D eigenvalue weighted by atomic mass is 10.1. The molecule has 29 heavy (non-hydrogen) atoms. The van der Waals surface area contributed by atoms with E-state index in [0.29, 0.717) is 12.1 Å². The van der Waals surface area contributed by atoms with Crippen LogP contribution in [-0.2, 0) is 10.0 Å². The number of carbonyl (C=O) groups excluding carboxylic acids is 1. The van der Waals surface area contributed by atoms with Crippen LogP contribution in [0, 0.1) is 0 Å². The lowest BCUT2D eigenvalue weighted by Crippen LogP contribution is -2.40. The molecule has 2 N–H and O–H groups in total. The van der Waals surface area contributed by atoms with Gasteiger partial charge in [-0.15, -0.1) is 6.58 Å². The maximum absolute atomic E-state index is 12.6. The molecule has 0 saturated carbocycles. The summed E-state index contributed by atoms with van der Waals surface area (Å²) in [6.45, 7) is 6.02. The van der Waals surface area contributed by atoms with Crippen LogP contribution in [0.4, 0.5) is 0 Å². The average molecular weight is 418 g/mol. The molecule has 1 saturated heterocycles. The molecule has 1 aliphatic rings. The van der Waals surface area contributed by atoms with E-state index in [9.17, 15) is 13.2 Å². The van der Waals surface area contributed by atoms with E-state index in [2.05, 4.69) is 21.5 Å². The van der Waals surface area contributed by atoms with E-state index < -0.39 is 10.0 Å². The maximum atomic E-state index is 12.6. The largest absolute Gasteiger partial charge is 0.468 e. The molecule has 2 aromatic rings. The summed E-state index contributed by atoms with van der Waals surface area (Å²) < 4.78 is 32.2. The van der Waals surface area contributed by atoms with Crippen molar-refractivity contribution in [1.29, 1.82) is 0 Å². The number of piperidine rings is 1. The molecular weight excluding hydrogens is 390 g/mol. The van der Waals surface area contributed by atoms with Gasteiger partial charge in [-0.25, -0.2) is 13.1 Å². The summed E-state index contributed by atoms with van der Waals surface area (Å²) in [6.07, 6.45) is 6.62. The van der Waals surface area contributed by atoms with Crippen LogP contribution in [-0.4, -0.2) is 45.4 Å². The molecule has 1 fully saturated rings. The number of furan rings is 1. The van der Waals surface area contributed by atoms with Crippen molar-refractivity contribution in [3.05, 3.63) is 66.6 Å². The van der Waals surface area contributed by atoms with Crippen molar-refractivity contribution in [1.82, 2.24) is 14.9 Å². The van der Waals surface area contributed by atoms with Gasteiger partial charge < -0.3 is 9.73 Å². The molecule has 1 unspecified atom stereocenters. The van der Waals surface area contributed by atoms with Gasteiger partial charge in [-0.2, -0.15) is 0 Å². The van der Waals surface area contributed by atoms with E-state index in [0.717, 1.165) is 31.7 Å². The molecule has 3 rings (SSSR count). The number of benzene rings is 1. The van der Waals surface area contributed by atoms with Gasteiger partial charge in [0.1, 0.15) is 5.76 Å². The molecule has 1 aliphatic heterocycles. The lowest BCUT2D eigenvalue weighted by Gasteiger charge is -2.33. The Balaban J connectivity index is 1.65. The van der Waals surface area contributed by atoms with Crippen molar-refractivity contribution in [2.75, 3.05) is 26.2 Å². The first-order valence-corrected chi connectivity index (χ1v) is 11.3. The van der Waals surface area contributed by atoms with Crippen LogP contribution in [0.15, 0.2) is 64.6 Å². The van der Waals surface area contributed by atoms with Crippen LogP contribution in [0.1, 0.15) is 41.4 Å². The minimum absolute atomic E-state index is 0.0167. The number of rotatable bonds is 9.